The summed E-state index contributed by atoms with van der Waals surface area (Å²) in [7, 11) is 1.64. The first kappa shape index (κ1) is 16.9. The molecule has 2 heterocycles. The molecule has 138 valence electrons. The van der Waals surface area contributed by atoms with Crippen LogP contribution in [0.15, 0.2) is 36.4 Å². The number of rotatable bonds is 4. The van der Waals surface area contributed by atoms with Crippen molar-refractivity contribution in [3.05, 3.63) is 42.0 Å². The maximum atomic E-state index is 12.5. The minimum atomic E-state index is -0.248. The van der Waals surface area contributed by atoms with Crippen LogP contribution in [0.25, 0.3) is 0 Å². The first-order chi connectivity index (χ1) is 13.0. The van der Waals surface area contributed by atoms with Crippen LogP contribution >= 0.6 is 0 Å². The smallest absolute Gasteiger partial charge is 0.264 e. The van der Waals surface area contributed by atoms with Crippen LogP contribution in [0.3, 0.4) is 0 Å². The van der Waals surface area contributed by atoms with Gasteiger partial charge < -0.3 is 24.4 Å². The zero-order chi connectivity index (χ0) is 19.0. The molecule has 2 aromatic rings. The number of Topliss-reactive ketones (excluding diaryl/α,β-unsaturated/α-hetero) is 1. The van der Waals surface area contributed by atoms with Gasteiger partial charge in [0.2, 0.25) is 0 Å². The van der Waals surface area contributed by atoms with Gasteiger partial charge in [-0.05, 0) is 30.3 Å². The number of benzene rings is 2. The number of carbonyl (C=O) groups is 3. The molecule has 0 radical (unpaired) electrons. The van der Waals surface area contributed by atoms with Crippen LogP contribution in [0.2, 0.25) is 0 Å². The maximum absolute atomic E-state index is 12.5. The molecule has 0 spiro atoms. The van der Waals surface area contributed by atoms with E-state index < -0.39 is 0 Å². The molecule has 0 saturated carbocycles. The van der Waals surface area contributed by atoms with Crippen molar-refractivity contribution in [3.8, 4) is 17.2 Å². The second-order valence-corrected chi connectivity index (χ2v) is 6.13. The van der Waals surface area contributed by atoms with Crippen LogP contribution in [-0.4, -0.2) is 44.5 Å². The number of nitrogens with one attached hydrogen (secondary N) is 1. The Balaban J connectivity index is 1.46. The number of likely N-dealkylation sites (N-methyl/N-ethyl adjacent to an activating group) is 1. The molecule has 0 aliphatic carbocycles. The van der Waals surface area contributed by atoms with E-state index in [2.05, 4.69) is 5.32 Å². The molecule has 0 unspecified atom stereocenters. The number of nitrogens with zero attached hydrogens (tertiary/aromatic N) is 1. The Morgan fingerprint density at radius 2 is 1.89 bits per heavy atom. The van der Waals surface area contributed by atoms with Crippen molar-refractivity contribution in [2.45, 2.75) is 0 Å². The summed E-state index contributed by atoms with van der Waals surface area (Å²) >= 11 is 0. The van der Waals surface area contributed by atoms with E-state index in [1.165, 1.54) is 4.90 Å². The fourth-order valence-corrected chi connectivity index (χ4v) is 2.83. The highest BCUT2D eigenvalue weighted by molar-refractivity contribution is 6.02. The summed E-state index contributed by atoms with van der Waals surface area (Å²) in [4.78, 5) is 37.1. The second-order valence-electron chi connectivity index (χ2n) is 6.13. The van der Waals surface area contributed by atoms with Gasteiger partial charge in [-0.2, -0.15) is 0 Å². The number of hydrogen-bond acceptors (Lipinski definition) is 6. The van der Waals surface area contributed by atoms with Crippen LogP contribution in [0, 0.1) is 0 Å². The Kier molecular flexibility index (Phi) is 4.15. The summed E-state index contributed by atoms with van der Waals surface area (Å²) in [6, 6.07) is 9.85. The number of ketones is 1. The molecule has 0 bridgehead atoms. The molecule has 0 aromatic heterocycles. The van der Waals surface area contributed by atoms with E-state index >= 15 is 0 Å². The molecule has 1 N–H and O–H groups in total. The fourth-order valence-electron chi connectivity index (χ4n) is 2.83. The standard InChI is InChI=1S/C19H16N2O6/c1-21-14-6-11(2-4-17(14)27-10-19(21)24)15(22)8-25-12-3-5-16-13(7-12)20-18(23)9-26-16/h2-7H,8-10H2,1H3,(H,20,23). The molecule has 8 nitrogen and oxygen atoms in total. The highest BCUT2D eigenvalue weighted by Gasteiger charge is 2.23. The number of carbonyl (C=O) groups excluding carboxylic acids is 3. The van der Waals surface area contributed by atoms with Crippen molar-refractivity contribution in [1.29, 1.82) is 0 Å². The number of anilines is 2. The minimum Gasteiger partial charge on any atom is -0.485 e. The lowest BCUT2D eigenvalue weighted by Crippen LogP contribution is -2.35. The van der Waals surface area contributed by atoms with Gasteiger partial charge in [0.15, 0.2) is 25.6 Å². The van der Waals surface area contributed by atoms with Gasteiger partial charge >= 0.3 is 0 Å². The molecule has 4 rings (SSSR count). The van der Waals surface area contributed by atoms with Gasteiger partial charge in [0.25, 0.3) is 11.8 Å². The van der Waals surface area contributed by atoms with E-state index in [1.54, 1.807) is 43.4 Å². The van der Waals surface area contributed by atoms with E-state index in [9.17, 15) is 14.4 Å². The Labute approximate surface area is 154 Å². The predicted octanol–water partition coefficient (Wildman–Crippen LogP) is 1.63. The first-order valence-corrected chi connectivity index (χ1v) is 8.27. The largest absolute Gasteiger partial charge is 0.485 e. The average Bonchev–Trinajstić information content (AvgIpc) is 2.68. The van der Waals surface area contributed by atoms with Gasteiger partial charge in [-0.15, -0.1) is 0 Å². The van der Waals surface area contributed by atoms with Gasteiger partial charge in [0.1, 0.15) is 17.2 Å². The highest BCUT2D eigenvalue weighted by atomic mass is 16.5. The van der Waals surface area contributed by atoms with Gasteiger partial charge in [-0.25, -0.2) is 0 Å². The summed E-state index contributed by atoms with van der Waals surface area (Å²) in [6.07, 6.45) is 0. The van der Waals surface area contributed by atoms with Crippen molar-refractivity contribution in [3.63, 3.8) is 0 Å². The topological polar surface area (TPSA) is 94.2 Å². The second kappa shape index (κ2) is 6.64. The Morgan fingerprint density at radius 3 is 2.74 bits per heavy atom. The SMILES string of the molecule is CN1C(=O)COc2ccc(C(=O)COc3ccc4c(c3)NC(=O)CO4)cc21. The van der Waals surface area contributed by atoms with Crippen molar-refractivity contribution in [1.82, 2.24) is 0 Å². The van der Waals surface area contributed by atoms with E-state index in [1.807, 2.05) is 0 Å². The number of ether oxygens (including phenoxy) is 3. The van der Waals surface area contributed by atoms with E-state index in [0.29, 0.717) is 34.2 Å². The summed E-state index contributed by atoms with van der Waals surface area (Å²) in [6.45, 7) is -0.228. The van der Waals surface area contributed by atoms with Gasteiger partial charge in [-0.1, -0.05) is 0 Å². The third-order valence-corrected chi connectivity index (χ3v) is 4.32. The predicted molar refractivity (Wildman–Crippen MR) is 95.7 cm³/mol. The monoisotopic (exact) mass is 368 g/mol. The summed E-state index contributed by atoms with van der Waals surface area (Å²) in [5.74, 6) is 0.867. The van der Waals surface area contributed by atoms with Crippen LogP contribution < -0.4 is 24.4 Å². The first-order valence-electron chi connectivity index (χ1n) is 8.27. The number of fused-ring (bicyclic) bond motifs is 2. The lowest BCUT2D eigenvalue weighted by Gasteiger charge is -2.26. The van der Waals surface area contributed by atoms with Crippen LogP contribution in [0.5, 0.6) is 17.2 Å². The van der Waals surface area contributed by atoms with E-state index in [0.717, 1.165) is 0 Å². The Bertz CT molecular complexity index is 955. The average molecular weight is 368 g/mol. The highest BCUT2D eigenvalue weighted by Crippen LogP contribution is 2.33. The zero-order valence-electron chi connectivity index (χ0n) is 14.5. The summed E-state index contributed by atoms with van der Waals surface area (Å²) in [5.41, 5.74) is 1.46. The van der Waals surface area contributed by atoms with E-state index in [-0.39, 0.29) is 37.4 Å². The molecule has 2 aliphatic heterocycles. The molecule has 2 amide bonds. The maximum Gasteiger partial charge on any atom is 0.264 e. The molecular formula is C19H16N2O6. The van der Waals surface area contributed by atoms with Gasteiger partial charge in [0.05, 0.1) is 11.4 Å². The summed E-state index contributed by atoms with van der Waals surface area (Å²) < 4.78 is 16.2. The summed E-state index contributed by atoms with van der Waals surface area (Å²) in [5, 5.41) is 2.68. The van der Waals surface area contributed by atoms with Crippen molar-refractivity contribution in [2.75, 3.05) is 37.1 Å². The van der Waals surface area contributed by atoms with Crippen LogP contribution in [0.4, 0.5) is 11.4 Å². The van der Waals surface area contributed by atoms with Crippen LogP contribution in [-0.2, 0) is 9.59 Å². The molecule has 2 aliphatic rings. The fraction of sp³-hybridized carbons (Fsp3) is 0.211. The van der Waals surface area contributed by atoms with Gasteiger partial charge in [0, 0.05) is 18.7 Å². The zero-order valence-corrected chi connectivity index (χ0v) is 14.5. The molecule has 27 heavy (non-hydrogen) atoms. The number of amides is 2. The molecule has 0 saturated heterocycles. The van der Waals surface area contributed by atoms with E-state index in [4.69, 9.17) is 14.2 Å². The normalized spacial score (nSPS) is 15.1. The van der Waals surface area contributed by atoms with Crippen LogP contribution in [0.1, 0.15) is 10.4 Å². The Hall–Kier alpha value is -3.55. The van der Waals surface area contributed by atoms with Crippen molar-refractivity contribution >= 4 is 29.0 Å². The van der Waals surface area contributed by atoms with Gasteiger partial charge in [-0.3, -0.25) is 14.4 Å². The molecule has 0 fully saturated rings. The minimum absolute atomic E-state index is 0.0154. The quantitative estimate of drug-likeness (QED) is 0.825. The third kappa shape index (κ3) is 3.29. The van der Waals surface area contributed by atoms with Crippen molar-refractivity contribution < 1.29 is 28.6 Å². The molecule has 8 heteroatoms. The lowest BCUT2D eigenvalue weighted by molar-refractivity contribution is -0.121. The third-order valence-electron chi connectivity index (χ3n) is 4.32. The lowest BCUT2D eigenvalue weighted by atomic mass is 10.1. The van der Waals surface area contributed by atoms with Crippen molar-refractivity contribution in [2.24, 2.45) is 0 Å². The number of hydrogen-bond donors (Lipinski definition) is 1. The Morgan fingerprint density at radius 1 is 1.11 bits per heavy atom. The molecule has 0 atom stereocenters. The molecular weight excluding hydrogens is 352 g/mol. The molecule has 2 aromatic carbocycles.